The van der Waals surface area contributed by atoms with E-state index in [-0.39, 0.29) is 6.10 Å². The van der Waals surface area contributed by atoms with Gasteiger partial charge in [-0.05, 0) is 30.9 Å². The van der Waals surface area contributed by atoms with E-state index >= 15 is 0 Å². The quantitative estimate of drug-likeness (QED) is 0.885. The van der Waals surface area contributed by atoms with Crippen LogP contribution < -0.4 is 0 Å². The molecule has 0 bridgehead atoms. The molecular formula is C11H15ClO2S. The van der Waals surface area contributed by atoms with Crippen LogP contribution >= 0.6 is 22.9 Å². The van der Waals surface area contributed by atoms with Gasteiger partial charge in [-0.2, -0.15) is 0 Å². The average Bonchev–Trinajstić information content (AvgIpc) is 2.77. The molecule has 2 nitrogen and oxygen atoms in total. The minimum absolute atomic E-state index is 0.258. The molecule has 0 aromatic carbocycles. The third-order valence-electron chi connectivity index (χ3n) is 2.70. The van der Waals surface area contributed by atoms with Gasteiger partial charge in [0.05, 0.1) is 10.4 Å². The Morgan fingerprint density at radius 2 is 2.47 bits per heavy atom. The maximum atomic E-state index is 9.88. The Morgan fingerprint density at radius 1 is 1.60 bits per heavy atom. The van der Waals surface area contributed by atoms with Crippen molar-refractivity contribution in [3.8, 4) is 0 Å². The molecule has 0 spiro atoms. The van der Waals surface area contributed by atoms with Crippen molar-refractivity contribution in [2.45, 2.75) is 25.4 Å². The molecule has 1 N–H and O–H groups in total. The summed E-state index contributed by atoms with van der Waals surface area (Å²) in [6.45, 7) is 1.66. The van der Waals surface area contributed by atoms with E-state index in [1.807, 2.05) is 12.1 Å². The molecule has 2 rings (SSSR count). The highest BCUT2D eigenvalue weighted by atomic mass is 35.5. The molecule has 84 valence electrons. The van der Waals surface area contributed by atoms with Gasteiger partial charge in [0, 0.05) is 24.5 Å². The van der Waals surface area contributed by atoms with Crippen LogP contribution in [0, 0.1) is 5.92 Å². The first-order valence-corrected chi connectivity index (χ1v) is 6.43. The summed E-state index contributed by atoms with van der Waals surface area (Å²) in [7, 11) is 0. The number of hydrogen-bond acceptors (Lipinski definition) is 3. The fourth-order valence-corrected chi connectivity index (χ4v) is 3.09. The SMILES string of the molecule is OC(Cc1ccc(Cl)s1)CC1CCOC1. The van der Waals surface area contributed by atoms with Crippen molar-refractivity contribution >= 4 is 22.9 Å². The Hall–Kier alpha value is -0.0900. The zero-order valence-corrected chi connectivity index (χ0v) is 10.1. The molecule has 1 aromatic heterocycles. The van der Waals surface area contributed by atoms with Gasteiger partial charge in [-0.1, -0.05) is 11.6 Å². The van der Waals surface area contributed by atoms with E-state index in [9.17, 15) is 5.11 Å². The van der Waals surface area contributed by atoms with Gasteiger partial charge >= 0.3 is 0 Å². The van der Waals surface area contributed by atoms with Crippen molar-refractivity contribution in [3.05, 3.63) is 21.3 Å². The van der Waals surface area contributed by atoms with Gasteiger partial charge in [-0.25, -0.2) is 0 Å². The lowest BCUT2D eigenvalue weighted by atomic mass is 9.99. The molecule has 1 saturated heterocycles. The number of aliphatic hydroxyl groups is 1. The fourth-order valence-electron chi connectivity index (χ4n) is 1.93. The summed E-state index contributed by atoms with van der Waals surface area (Å²) < 4.78 is 6.08. The van der Waals surface area contributed by atoms with Gasteiger partial charge in [0.1, 0.15) is 0 Å². The van der Waals surface area contributed by atoms with Crippen LogP contribution in [0.1, 0.15) is 17.7 Å². The summed E-state index contributed by atoms with van der Waals surface area (Å²) in [5.41, 5.74) is 0. The van der Waals surface area contributed by atoms with Crippen molar-refractivity contribution in [2.24, 2.45) is 5.92 Å². The van der Waals surface area contributed by atoms with Gasteiger partial charge in [-0.3, -0.25) is 0 Å². The molecule has 4 heteroatoms. The Morgan fingerprint density at radius 3 is 3.07 bits per heavy atom. The molecule has 0 aliphatic carbocycles. The number of hydrogen-bond donors (Lipinski definition) is 1. The summed E-state index contributed by atoms with van der Waals surface area (Å²) in [5, 5.41) is 9.88. The van der Waals surface area contributed by atoms with Crippen LogP contribution in [0.2, 0.25) is 4.34 Å². The first kappa shape index (κ1) is 11.4. The molecule has 0 amide bonds. The monoisotopic (exact) mass is 246 g/mol. The van der Waals surface area contributed by atoms with Gasteiger partial charge in [-0.15, -0.1) is 11.3 Å². The van der Waals surface area contributed by atoms with Crippen molar-refractivity contribution in [2.75, 3.05) is 13.2 Å². The molecule has 2 unspecified atom stereocenters. The third-order valence-corrected chi connectivity index (χ3v) is 3.95. The Labute approximate surface area is 98.8 Å². The van der Waals surface area contributed by atoms with Crippen LogP contribution in [0.15, 0.2) is 12.1 Å². The van der Waals surface area contributed by atoms with Crippen LogP contribution in [-0.2, 0) is 11.2 Å². The predicted molar refractivity (Wildman–Crippen MR) is 62.6 cm³/mol. The van der Waals surface area contributed by atoms with Crippen molar-refractivity contribution < 1.29 is 9.84 Å². The number of halogens is 1. The Kier molecular flexibility index (Phi) is 4.03. The number of thiophene rings is 1. The summed E-state index contributed by atoms with van der Waals surface area (Å²) in [5.74, 6) is 0.537. The summed E-state index contributed by atoms with van der Waals surface area (Å²) in [4.78, 5) is 1.16. The number of ether oxygens (including phenoxy) is 1. The van der Waals surface area contributed by atoms with E-state index in [0.29, 0.717) is 12.3 Å². The normalized spacial score (nSPS) is 23.2. The largest absolute Gasteiger partial charge is 0.393 e. The van der Waals surface area contributed by atoms with E-state index in [0.717, 1.165) is 35.3 Å². The lowest BCUT2D eigenvalue weighted by Crippen LogP contribution is -2.15. The van der Waals surface area contributed by atoms with Crippen molar-refractivity contribution in [1.29, 1.82) is 0 Å². The van der Waals surface area contributed by atoms with E-state index in [1.54, 1.807) is 11.3 Å². The van der Waals surface area contributed by atoms with E-state index < -0.39 is 0 Å². The molecule has 15 heavy (non-hydrogen) atoms. The van der Waals surface area contributed by atoms with Crippen LogP contribution in [-0.4, -0.2) is 24.4 Å². The molecule has 0 radical (unpaired) electrons. The molecule has 1 aromatic rings. The number of rotatable bonds is 4. The summed E-state index contributed by atoms with van der Waals surface area (Å²) in [6.07, 6.45) is 2.39. The molecule has 2 heterocycles. The Balaban J connectivity index is 1.78. The molecule has 1 aliphatic rings. The van der Waals surface area contributed by atoms with Gasteiger partial charge in [0.2, 0.25) is 0 Å². The van der Waals surface area contributed by atoms with E-state index in [1.165, 1.54) is 0 Å². The Bertz CT molecular complexity index is 307. The average molecular weight is 247 g/mol. The van der Waals surface area contributed by atoms with Gasteiger partial charge in [0.25, 0.3) is 0 Å². The fraction of sp³-hybridized carbons (Fsp3) is 0.636. The maximum absolute atomic E-state index is 9.88. The highest BCUT2D eigenvalue weighted by molar-refractivity contribution is 7.16. The third kappa shape index (κ3) is 3.45. The zero-order valence-electron chi connectivity index (χ0n) is 8.49. The van der Waals surface area contributed by atoms with E-state index in [4.69, 9.17) is 16.3 Å². The van der Waals surface area contributed by atoms with E-state index in [2.05, 4.69) is 0 Å². The highest BCUT2D eigenvalue weighted by Crippen LogP contribution is 2.25. The predicted octanol–water partition coefficient (Wildman–Crippen LogP) is 2.73. The second-order valence-corrected chi connectivity index (χ2v) is 5.83. The van der Waals surface area contributed by atoms with Crippen LogP contribution in [0.5, 0.6) is 0 Å². The van der Waals surface area contributed by atoms with Crippen LogP contribution in [0.25, 0.3) is 0 Å². The number of aliphatic hydroxyl groups excluding tert-OH is 1. The molecular weight excluding hydrogens is 232 g/mol. The molecule has 1 aliphatic heterocycles. The van der Waals surface area contributed by atoms with Crippen LogP contribution in [0.4, 0.5) is 0 Å². The lowest BCUT2D eigenvalue weighted by molar-refractivity contribution is 0.129. The summed E-state index contributed by atoms with van der Waals surface area (Å²) >= 11 is 7.38. The molecule has 1 fully saturated rings. The van der Waals surface area contributed by atoms with Crippen molar-refractivity contribution in [1.82, 2.24) is 0 Å². The van der Waals surface area contributed by atoms with Gasteiger partial charge in [0.15, 0.2) is 0 Å². The molecule has 2 atom stereocenters. The topological polar surface area (TPSA) is 29.5 Å². The maximum Gasteiger partial charge on any atom is 0.0931 e. The zero-order chi connectivity index (χ0) is 10.7. The minimum Gasteiger partial charge on any atom is -0.393 e. The highest BCUT2D eigenvalue weighted by Gasteiger charge is 2.19. The van der Waals surface area contributed by atoms with Gasteiger partial charge < -0.3 is 9.84 Å². The smallest absolute Gasteiger partial charge is 0.0931 e. The molecule has 0 saturated carbocycles. The van der Waals surface area contributed by atoms with Crippen molar-refractivity contribution in [3.63, 3.8) is 0 Å². The first-order valence-electron chi connectivity index (χ1n) is 5.24. The second-order valence-electron chi connectivity index (χ2n) is 4.03. The second kappa shape index (κ2) is 5.30. The van der Waals surface area contributed by atoms with Crippen LogP contribution in [0.3, 0.4) is 0 Å². The first-order chi connectivity index (χ1) is 7.24. The lowest BCUT2D eigenvalue weighted by Gasteiger charge is -2.13. The minimum atomic E-state index is -0.258. The standard InChI is InChI=1S/C11H15ClO2S/c12-11-2-1-10(15-11)6-9(13)5-8-3-4-14-7-8/h1-2,8-9,13H,3-7H2. The summed E-state index contributed by atoms with van der Waals surface area (Å²) in [6, 6.07) is 3.87.